The lowest BCUT2D eigenvalue weighted by Crippen LogP contribution is -2.25. The van der Waals surface area contributed by atoms with Crippen LogP contribution in [0.1, 0.15) is 5.56 Å². The normalized spacial score (nSPS) is 11.5. The van der Waals surface area contributed by atoms with E-state index in [1.54, 1.807) is 18.2 Å². The Balaban J connectivity index is 1.81. The molecule has 0 aliphatic carbocycles. The van der Waals surface area contributed by atoms with E-state index in [0.29, 0.717) is 29.9 Å². The van der Waals surface area contributed by atoms with Crippen LogP contribution in [0.5, 0.6) is 5.75 Å². The van der Waals surface area contributed by atoms with Crippen LogP contribution in [-0.2, 0) is 9.84 Å². The highest BCUT2D eigenvalue weighted by Crippen LogP contribution is 2.25. The summed E-state index contributed by atoms with van der Waals surface area (Å²) in [6, 6.07) is 12.7. The summed E-state index contributed by atoms with van der Waals surface area (Å²) in [5.41, 5.74) is 1.79. The molecule has 1 heterocycles. The van der Waals surface area contributed by atoms with Crippen molar-refractivity contribution < 1.29 is 13.2 Å². The van der Waals surface area contributed by atoms with Crippen LogP contribution in [0.3, 0.4) is 0 Å². The van der Waals surface area contributed by atoms with Gasteiger partial charge in [-0.15, -0.1) is 0 Å². The third kappa shape index (κ3) is 3.94. The number of hydrogen-bond acceptors (Lipinski definition) is 6. The first kappa shape index (κ1) is 18.1. The third-order valence-corrected chi connectivity index (χ3v) is 5.26. The van der Waals surface area contributed by atoms with Crippen molar-refractivity contribution in [1.29, 1.82) is 0 Å². The molecule has 0 amide bonds. The number of aryl methyl sites for hydroxylation is 1. The van der Waals surface area contributed by atoms with E-state index in [0.717, 1.165) is 11.3 Å². The molecular weight excluding hydrogens is 350 g/mol. The molecule has 136 valence electrons. The number of hydrogen-bond donors (Lipinski definition) is 0. The fraction of sp³-hybridized carbons (Fsp3) is 0.263. The van der Waals surface area contributed by atoms with Gasteiger partial charge in [0.25, 0.3) is 0 Å². The average Bonchev–Trinajstić information content (AvgIpc) is 2.61. The van der Waals surface area contributed by atoms with Crippen molar-refractivity contribution in [2.24, 2.45) is 0 Å². The number of fused-ring (bicyclic) bond motifs is 1. The molecule has 0 saturated heterocycles. The zero-order chi connectivity index (χ0) is 18.7. The number of anilines is 1. The number of aromatic nitrogens is 2. The van der Waals surface area contributed by atoms with Gasteiger partial charge in [-0.25, -0.2) is 18.4 Å². The van der Waals surface area contributed by atoms with Gasteiger partial charge in [-0.1, -0.05) is 18.2 Å². The topological polar surface area (TPSA) is 72.4 Å². The summed E-state index contributed by atoms with van der Waals surface area (Å²) in [6.45, 7) is 3.09. The van der Waals surface area contributed by atoms with Gasteiger partial charge in [0.05, 0.1) is 17.0 Å². The average molecular weight is 371 g/mol. The smallest absolute Gasteiger partial charge is 0.175 e. The Kier molecular flexibility index (Phi) is 5.08. The third-order valence-electron chi connectivity index (χ3n) is 4.15. The zero-order valence-corrected chi connectivity index (χ0v) is 15.8. The summed E-state index contributed by atoms with van der Waals surface area (Å²) in [7, 11) is -1.39. The van der Waals surface area contributed by atoms with Crippen LogP contribution in [0.4, 0.5) is 5.82 Å². The van der Waals surface area contributed by atoms with Gasteiger partial charge in [0.1, 0.15) is 24.5 Å². The van der Waals surface area contributed by atoms with E-state index < -0.39 is 9.84 Å². The van der Waals surface area contributed by atoms with Crippen LogP contribution < -0.4 is 9.64 Å². The van der Waals surface area contributed by atoms with Gasteiger partial charge in [0.2, 0.25) is 0 Å². The Bertz CT molecular complexity index is 1040. The second-order valence-corrected chi connectivity index (χ2v) is 8.20. The lowest BCUT2D eigenvalue weighted by molar-refractivity contribution is 0.323. The molecule has 0 unspecified atom stereocenters. The number of likely N-dealkylation sites (N-methyl/N-ethyl adjacent to an activating group) is 1. The molecule has 1 aromatic heterocycles. The van der Waals surface area contributed by atoms with Crippen LogP contribution in [-0.4, -0.2) is 44.8 Å². The van der Waals surface area contributed by atoms with Gasteiger partial charge >= 0.3 is 0 Å². The summed E-state index contributed by atoms with van der Waals surface area (Å²) < 4.78 is 29.5. The van der Waals surface area contributed by atoms with E-state index in [1.165, 1.54) is 12.6 Å². The molecular formula is C19H21N3O3S. The zero-order valence-electron chi connectivity index (χ0n) is 15.0. The van der Waals surface area contributed by atoms with Gasteiger partial charge in [-0.05, 0) is 36.8 Å². The summed E-state index contributed by atoms with van der Waals surface area (Å²) >= 11 is 0. The molecule has 7 heteroatoms. The Morgan fingerprint density at radius 3 is 2.62 bits per heavy atom. The van der Waals surface area contributed by atoms with E-state index in [4.69, 9.17) is 4.74 Å². The van der Waals surface area contributed by atoms with Crippen molar-refractivity contribution in [3.8, 4) is 5.75 Å². The maximum absolute atomic E-state index is 11.8. The van der Waals surface area contributed by atoms with Crippen molar-refractivity contribution in [2.75, 3.05) is 31.4 Å². The Morgan fingerprint density at radius 1 is 1.12 bits per heavy atom. The van der Waals surface area contributed by atoms with Crippen LogP contribution in [0.15, 0.2) is 53.7 Å². The highest BCUT2D eigenvalue weighted by Gasteiger charge is 2.13. The van der Waals surface area contributed by atoms with E-state index in [1.807, 2.05) is 43.1 Å². The first-order chi connectivity index (χ1) is 12.4. The molecule has 6 nitrogen and oxygen atoms in total. The quantitative estimate of drug-likeness (QED) is 0.663. The Labute approximate surface area is 153 Å². The number of para-hydroxylation sites is 1. The molecule has 0 N–H and O–H groups in total. The standard InChI is InChI=1S/C19H21N3O3S/c1-14-6-4-5-7-18(14)25-11-10-22(2)19-16-12-15(26(3,23)24)8-9-17(16)20-13-21-19/h4-9,12-13H,10-11H2,1-3H3. The van der Waals surface area contributed by atoms with Crippen molar-refractivity contribution in [2.45, 2.75) is 11.8 Å². The molecule has 3 rings (SSSR count). The highest BCUT2D eigenvalue weighted by molar-refractivity contribution is 7.90. The Morgan fingerprint density at radius 2 is 1.88 bits per heavy atom. The fourth-order valence-electron chi connectivity index (χ4n) is 2.67. The number of nitrogens with zero attached hydrogens (tertiary/aromatic N) is 3. The predicted octanol–water partition coefficient (Wildman–Crippen LogP) is 2.86. The largest absolute Gasteiger partial charge is 0.491 e. The monoisotopic (exact) mass is 371 g/mol. The van der Waals surface area contributed by atoms with Crippen molar-refractivity contribution in [3.05, 3.63) is 54.4 Å². The Hall–Kier alpha value is -2.67. The second-order valence-electron chi connectivity index (χ2n) is 6.18. The molecule has 0 radical (unpaired) electrons. The van der Waals surface area contributed by atoms with Crippen LogP contribution >= 0.6 is 0 Å². The van der Waals surface area contributed by atoms with Crippen LogP contribution in [0.25, 0.3) is 10.9 Å². The summed E-state index contributed by atoms with van der Waals surface area (Å²) in [5, 5.41) is 0.703. The molecule has 2 aromatic carbocycles. The first-order valence-corrected chi connectivity index (χ1v) is 10.1. The summed E-state index contributed by atoms with van der Waals surface area (Å²) in [4.78, 5) is 10.8. The van der Waals surface area contributed by atoms with E-state index in [9.17, 15) is 8.42 Å². The predicted molar refractivity (Wildman–Crippen MR) is 103 cm³/mol. The van der Waals surface area contributed by atoms with E-state index in [2.05, 4.69) is 9.97 Å². The lowest BCUT2D eigenvalue weighted by atomic mass is 10.2. The number of sulfone groups is 1. The van der Waals surface area contributed by atoms with E-state index in [-0.39, 0.29) is 4.90 Å². The minimum atomic E-state index is -3.29. The molecule has 0 aliphatic rings. The first-order valence-electron chi connectivity index (χ1n) is 8.20. The molecule has 26 heavy (non-hydrogen) atoms. The lowest BCUT2D eigenvalue weighted by Gasteiger charge is -2.20. The molecule has 0 bridgehead atoms. The second kappa shape index (κ2) is 7.29. The minimum absolute atomic E-state index is 0.255. The molecule has 0 atom stereocenters. The molecule has 0 aliphatic heterocycles. The van der Waals surface area contributed by atoms with Crippen LogP contribution in [0, 0.1) is 6.92 Å². The van der Waals surface area contributed by atoms with Gasteiger partial charge in [-0.3, -0.25) is 0 Å². The van der Waals surface area contributed by atoms with E-state index >= 15 is 0 Å². The molecule has 3 aromatic rings. The number of ether oxygens (including phenoxy) is 1. The van der Waals surface area contributed by atoms with Gasteiger partial charge < -0.3 is 9.64 Å². The SMILES string of the molecule is Cc1ccccc1OCCN(C)c1ncnc2ccc(S(C)(=O)=O)cc12. The van der Waals surface area contributed by atoms with Crippen molar-refractivity contribution >= 4 is 26.6 Å². The number of rotatable bonds is 6. The van der Waals surface area contributed by atoms with Gasteiger partial charge in [0, 0.05) is 18.7 Å². The molecule has 0 saturated carbocycles. The van der Waals surface area contributed by atoms with Gasteiger partial charge in [-0.2, -0.15) is 0 Å². The minimum Gasteiger partial charge on any atom is -0.491 e. The van der Waals surface area contributed by atoms with Crippen LogP contribution in [0.2, 0.25) is 0 Å². The highest BCUT2D eigenvalue weighted by atomic mass is 32.2. The summed E-state index contributed by atoms with van der Waals surface area (Å²) in [6.07, 6.45) is 2.67. The van der Waals surface area contributed by atoms with Crippen molar-refractivity contribution in [1.82, 2.24) is 9.97 Å². The van der Waals surface area contributed by atoms with Crippen molar-refractivity contribution in [3.63, 3.8) is 0 Å². The summed E-state index contributed by atoms with van der Waals surface area (Å²) in [5.74, 6) is 1.53. The van der Waals surface area contributed by atoms with Gasteiger partial charge in [0.15, 0.2) is 9.84 Å². The maximum Gasteiger partial charge on any atom is 0.175 e. The molecule has 0 spiro atoms. The molecule has 0 fully saturated rings. The number of benzene rings is 2. The fourth-order valence-corrected chi connectivity index (χ4v) is 3.32. The maximum atomic E-state index is 11.8.